The number of carbonyl (C=O) groups is 4. The quantitative estimate of drug-likeness (QED) is 0.111. The van der Waals surface area contributed by atoms with Crippen LogP contribution in [-0.4, -0.2) is 68.5 Å². The van der Waals surface area contributed by atoms with Gasteiger partial charge in [0, 0.05) is 17.5 Å². The van der Waals surface area contributed by atoms with Crippen molar-refractivity contribution in [1.82, 2.24) is 4.72 Å². The van der Waals surface area contributed by atoms with E-state index in [2.05, 4.69) is 15.4 Å². The van der Waals surface area contributed by atoms with Crippen LogP contribution in [0, 0.1) is 28.8 Å². The van der Waals surface area contributed by atoms with Crippen LogP contribution in [0.5, 0.6) is 5.75 Å². The zero-order valence-corrected chi connectivity index (χ0v) is 32.6. The Morgan fingerprint density at radius 1 is 0.860 bits per heavy atom. The molecule has 2 aromatic heterocycles. The Morgan fingerprint density at radius 2 is 1.44 bits per heavy atom. The number of thiophene rings is 2. The number of carbonyl (C=O) groups excluding carboxylic acids is 4. The second kappa shape index (κ2) is 17.3. The maximum Gasteiger partial charge on any atom is 0.387 e. The standard InChI is InChI=1S/C16H14F4N2O6S2.C16H14FN3O5S2/c1-16(2,25)14(24)21-13-8(3-4-29-13)12(23)22-30(26,27)11-9(18)5-7(17)6-10(11)28-15(19)20;1-16(2,23)15(22)20-14-12(13(19)21)11(7-26-14)27(24,25)10-4-3-8(6-18)5-9(10)17/h3-6,15,25H,1-2H3,(H,21,24)(H,22,23);3-5,7,23H,1-2H3,(H2,19,21)(H,20,22). The van der Waals surface area contributed by atoms with Gasteiger partial charge in [-0.1, -0.05) is 0 Å². The molecule has 0 aliphatic rings. The van der Waals surface area contributed by atoms with Crippen LogP contribution in [0.25, 0.3) is 0 Å². The van der Waals surface area contributed by atoms with Crippen LogP contribution in [-0.2, 0) is 29.4 Å². The van der Waals surface area contributed by atoms with E-state index in [1.54, 1.807) is 6.07 Å². The molecule has 0 spiro atoms. The van der Waals surface area contributed by atoms with Gasteiger partial charge in [-0.3, -0.25) is 19.2 Å². The van der Waals surface area contributed by atoms with E-state index in [1.165, 1.54) is 37.8 Å². The van der Waals surface area contributed by atoms with Crippen molar-refractivity contribution in [2.45, 2.75) is 60.2 Å². The monoisotopic (exact) mass is 881 g/mol. The summed E-state index contributed by atoms with van der Waals surface area (Å²) >= 11 is 1.50. The van der Waals surface area contributed by atoms with Crippen molar-refractivity contribution in [3.8, 4) is 11.8 Å². The van der Waals surface area contributed by atoms with Crippen LogP contribution in [0.1, 0.15) is 54.0 Å². The van der Waals surface area contributed by atoms with E-state index in [0.717, 1.165) is 41.0 Å². The molecular formula is C32H28F5N5O11S4. The molecule has 2 aromatic carbocycles. The Labute approximate surface area is 327 Å². The lowest BCUT2D eigenvalue weighted by Gasteiger charge is -2.16. The molecule has 7 N–H and O–H groups in total. The number of sulfone groups is 1. The minimum Gasteiger partial charge on any atom is -0.433 e. The molecule has 306 valence electrons. The van der Waals surface area contributed by atoms with Gasteiger partial charge in [0.05, 0.1) is 27.7 Å². The smallest absolute Gasteiger partial charge is 0.387 e. The number of nitrogens with one attached hydrogen (secondary N) is 3. The number of primary amides is 1. The number of nitriles is 1. The van der Waals surface area contributed by atoms with Crippen LogP contribution < -0.4 is 25.8 Å². The Bertz CT molecular complexity index is 2510. The second-order valence-corrected chi connectivity index (χ2v) is 17.4. The lowest BCUT2D eigenvalue weighted by molar-refractivity contribution is -0.131. The number of halogens is 5. The molecular weight excluding hydrogens is 854 g/mol. The number of sulfonamides is 1. The Hall–Kier alpha value is -5.52. The summed E-state index contributed by atoms with van der Waals surface area (Å²) in [4.78, 5) is 45.1. The fourth-order valence-corrected chi connectivity index (χ4v) is 8.81. The third-order valence-electron chi connectivity index (χ3n) is 6.81. The topological polar surface area (TPSA) is 272 Å². The van der Waals surface area contributed by atoms with Gasteiger partial charge in [-0.2, -0.15) is 14.0 Å². The first kappa shape index (κ1) is 45.9. The first-order valence-corrected chi connectivity index (χ1v) is 19.9. The van der Waals surface area contributed by atoms with E-state index in [1.807, 2.05) is 0 Å². The average Bonchev–Trinajstić information content (AvgIpc) is 3.71. The van der Waals surface area contributed by atoms with Gasteiger partial charge in [0.1, 0.15) is 43.6 Å². The van der Waals surface area contributed by atoms with E-state index in [4.69, 9.17) is 11.0 Å². The summed E-state index contributed by atoms with van der Waals surface area (Å²) in [6, 6.07) is 5.89. The SMILES string of the molecule is CC(C)(O)C(=O)Nc1scc(S(=O)(=O)c2ccc(C#N)cc2F)c1C(N)=O.CC(C)(O)C(=O)Nc1sccc1C(=O)NS(=O)(=O)c1c(F)cc(F)cc1OC(F)F. The summed E-state index contributed by atoms with van der Waals surface area (Å²) in [5.74, 6) is -9.97. The third kappa shape index (κ3) is 11.1. The molecule has 57 heavy (non-hydrogen) atoms. The molecule has 0 unspecified atom stereocenters. The lowest BCUT2D eigenvalue weighted by Crippen LogP contribution is -2.37. The van der Waals surface area contributed by atoms with Crippen molar-refractivity contribution < 1.29 is 72.9 Å². The number of ether oxygens (including phenoxy) is 1. The highest BCUT2D eigenvalue weighted by Gasteiger charge is 2.34. The van der Waals surface area contributed by atoms with Crippen molar-refractivity contribution in [3.05, 3.63) is 81.3 Å². The van der Waals surface area contributed by atoms with E-state index in [9.17, 15) is 68.2 Å². The molecule has 4 aromatic rings. The predicted molar refractivity (Wildman–Crippen MR) is 191 cm³/mol. The van der Waals surface area contributed by atoms with Gasteiger partial charge in [0.25, 0.3) is 33.7 Å². The highest BCUT2D eigenvalue weighted by molar-refractivity contribution is 7.91. The Balaban J connectivity index is 0.000000307. The summed E-state index contributed by atoms with van der Waals surface area (Å²) in [7, 11) is -9.65. The van der Waals surface area contributed by atoms with E-state index in [-0.39, 0.29) is 33.3 Å². The molecule has 0 saturated heterocycles. The van der Waals surface area contributed by atoms with Gasteiger partial charge < -0.3 is 31.3 Å². The summed E-state index contributed by atoms with van der Waals surface area (Å²) < 4.78 is 122. The number of aliphatic hydroxyl groups is 2. The molecule has 0 bridgehead atoms. The zero-order valence-electron chi connectivity index (χ0n) is 29.3. The van der Waals surface area contributed by atoms with E-state index >= 15 is 0 Å². The molecule has 2 heterocycles. The molecule has 0 radical (unpaired) electrons. The van der Waals surface area contributed by atoms with Gasteiger partial charge in [-0.05, 0) is 57.3 Å². The second-order valence-electron chi connectivity index (χ2n) is 12.1. The van der Waals surface area contributed by atoms with Gasteiger partial charge >= 0.3 is 6.61 Å². The van der Waals surface area contributed by atoms with Gasteiger partial charge in [-0.15, -0.1) is 22.7 Å². The lowest BCUT2D eigenvalue weighted by atomic mass is 10.1. The molecule has 0 atom stereocenters. The minimum atomic E-state index is -5.14. The summed E-state index contributed by atoms with van der Waals surface area (Å²) in [6.45, 7) is 1.13. The molecule has 4 rings (SSSR count). The van der Waals surface area contributed by atoms with Crippen molar-refractivity contribution in [3.63, 3.8) is 0 Å². The Kier molecular flexibility index (Phi) is 13.9. The van der Waals surface area contributed by atoms with Crippen LogP contribution in [0.3, 0.4) is 0 Å². The molecule has 4 amide bonds. The first-order valence-electron chi connectivity index (χ1n) is 15.1. The van der Waals surface area contributed by atoms with Gasteiger partial charge in [0.2, 0.25) is 9.84 Å². The minimum absolute atomic E-state index is 0.0787. The van der Waals surface area contributed by atoms with Gasteiger partial charge in [0.15, 0.2) is 10.6 Å². The number of benzene rings is 2. The molecule has 0 fully saturated rings. The molecule has 0 aliphatic heterocycles. The highest BCUT2D eigenvalue weighted by Crippen LogP contribution is 2.36. The predicted octanol–water partition coefficient (Wildman–Crippen LogP) is 3.86. The highest BCUT2D eigenvalue weighted by atomic mass is 32.2. The average molecular weight is 882 g/mol. The third-order valence-corrected chi connectivity index (χ3v) is 11.9. The van der Waals surface area contributed by atoms with E-state index in [0.29, 0.717) is 11.3 Å². The number of anilines is 2. The number of alkyl halides is 2. The number of hydrogen-bond donors (Lipinski definition) is 6. The molecule has 0 aliphatic carbocycles. The Morgan fingerprint density at radius 3 is 1.95 bits per heavy atom. The summed E-state index contributed by atoms with van der Waals surface area (Å²) in [5, 5.41) is 34.6. The maximum absolute atomic E-state index is 14.2. The maximum atomic E-state index is 14.2. The number of rotatable bonds is 12. The fourth-order valence-electron chi connectivity index (χ4n) is 4.08. The van der Waals surface area contributed by atoms with Crippen molar-refractivity contribution >= 4 is 76.2 Å². The van der Waals surface area contributed by atoms with Crippen LogP contribution in [0.4, 0.5) is 32.0 Å². The number of amides is 4. The largest absolute Gasteiger partial charge is 0.433 e. The molecule has 25 heteroatoms. The summed E-state index contributed by atoms with van der Waals surface area (Å²) in [6.07, 6.45) is 0. The number of hydrogen-bond acceptors (Lipinski definition) is 14. The van der Waals surface area contributed by atoms with Crippen LogP contribution in [0.15, 0.2) is 61.8 Å². The first-order chi connectivity index (χ1) is 26.1. The van der Waals surface area contributed by atoms with Crippen LogP contribution >= 0.6 is 22.7 Å². The van der Waals surface area contributed by atoms with E-state index < -0.39 is 105 Å². The fraction of sp³-hybridized carbons (Fsp3) is 0.219. The summed E-state index contributed by atoms with van der Waals surface area (Å²) in [5.41, 5.74) is 0.664. The van der Waals surface area contributed by atoms with Crippen molar-refractivity contribution in [2.75, 3.05) is 10.6 Å². The van der Waals surface area contributed by atoms with Crippen molar-refractivity contribution in [2.24, 2.45) is 5.73 Å². The van der Waals surface area contributed by atoms with Crippen LogP contribution in [0.2, 0.25) is 0 Å². The molecule has 0 saturated carbocycles. The number of nitrogens with two attached hydrogens (primary N) is 1. The number of nitrogens with zero attached hydrogens (tertiary/aromatic N) is 1. The van der Waals surface area contributed by atoms with Gasteiger partial charge in [-0.25, -0.2) is 34.7 Å². The normalized spacial score (nSPS) is 11.8. The molecule has 16 nitrogen and oxygen atoms in total. The van der Waals surface area contributed by atoms with Crippen molar-refractivity contribution in [1.29, 1.82) is 5.26 Å². The zero-order chi connectivity index (χ0) is 43.4.